The molecule has 0 aliphatic carbocycles. The zero-order valence-electron chi connectivity index (χ0n) is 14.6. The van der Waals surface area contributed by atoms with E-state index in [1.54, 1.807) is 36.7 Å². The van der Waals surface area contributed by atoms with Crippen molar-refractivity contribution in [2.45, 2.75) is 0 Å². The zero-order valence-corrected chi connectivity index (χ0v) is 14.6. The van der Waals surface area contributed by atoms with E-state index in [2.05, 4.69) is 19.9 Å². The number of nitrogens with zero attached hydrogens (tertiary/aromatic N) is 5. The summed E-state index contributed by atoms with van der Waals surface area (Å²) in [5, 5.41) is 0. The first-order valence-corrected chi connectivity index (χ1v) is 8.65. The molecule has 3 heterocycles. The van der Waals surface area contributed by atoms with Gasteiger partial charge in [0.15, 0.2) is 5.82 Å². The van der Waals surface area contributed by atoms with Crippen molar-refractivity contribution in [2.24, 2.45) is 0 Å². The van der Waals surface area contributed by atoms with Gasteiger partial charge in [-0.3, -0.25) is 4.98 Å². The smallest absolute Gasteiger partial charge is 0.248 e. The minimum absolute atomic E-state index is 0.209. The number of para-hydroxylation sites is 1. The Morgan fingerprint density at radius 2 is 1.74 bits per heavy atom. The second-order valence-corrected chi connectivity index (χ2v) is 6.13. The van der Waals surface area contributed by atoms with Crippen LogP contribution in [0.1, 0.15) is 0 Å². The molecule has 8 heteroatoms. The molecule has 138 valence electrons. The Morgan fingerprint density at radius 3 is 2.48 bits per heavy atom. The summed E-state index contributed by atoms with van der Waals surface area (Å²) in [6, 6.07) is 10.4. The van der Waals surface area contributed by atoms with Crippen molar-refractivity contribution in [1.29, 1.82) is 0 Å². The first kappa shape index (κ1) is 17.0. The van der Waals surface area contributed by atoms with Crippen molar-refractivity contribution in [3.8, 4) is 11.6 Å². The summed E-state index contributed by atoms with van der Waals surface area (Å²) in [5.74, 6) is 1.26. The summed E-state index contributed by atoms with van der Waals surface area (Å²) < 4.78 is 19.7. The maximum Gasteiger partial charge on any atom is 0.248 e. The molecule has 0 spiro atoms. The van der Waals surface area contributed by atoms with Gasteiger partial charge < -0.3 is 20.3 Å². The number of nitrogen functional groups attached to an aromatic ring is 1. The van der Waals surface area contributed by atoms with Gasteiger partial charge in [-0.05, 0) is 24.3 Å². The summed E-state index contributed by atoms with van der Waals surface area (Å²) in [5.41, 5.74) is 7.24. The number of hydrogen-bond acceptors (Lipinski definition) is 7. The molecule has 7 nitrogen and oxygen atoms in total. The molecule has 1 saturated heterocycles. The molecular weight excluding hydrogens is 347 g/mol. The summed E-state index contributed by atoms with van der Waals surface area (Å²) >= 11 is 0. The van der Waals surface area contributed by atoms with E-state index in [0.29, 0.717) is 55.0 Å². The maximum absolute atomic E-state index is 14.0. The molecule has 1 aliphatic rings. The summed E-state index contributed by atoms with van der Waals surface area (Å²) in [6.07, 6.45) is 4.69. The van der Waals surface area contributed by atoms with E-state index in [9.17, 15) is 4.39 Å². The fourth-order valence-electron chi connectivity index (χ4n) is 3.09. The highest BCUT2D eigenvalue weighted by molar-refractivity contribution is 5.68. The number of benzene rings is 1. The SMILES string of the molecule is Nc1c(Oc2cccnc2)ncnc1N1CCN(c2ccccc2F)CC1. The van der Waals surface area contributed by atoms with E-state index in [1.807, 2.05) is 11.0 Å². The van der Waals surface area contributed by atoms with Gasteiger partial charge in [0.2, 0.25) is 5.88 Å². The highest BCUT2D eigenvalue weighted by Crippen LogP contribution is 2.32. The zero-order chi connectivity index (χ0) is 18.6. The van der Waals surface area contributed by atoms with E-state index < -0.39 is 0 Å². The first-order valence-electron chi connectivity index (χ1n) is 8.65. The second kappa shape index (κ2) is 7.45. The molecule has 0 radical (unpaired) electrons. The number of aromatic nitrogens is 3. The van der Waals surface area contributed by atoms with E-state index in [1.165, 1.54) is 12.4 Å². The third kappa shape index (κ3) is 3.59. The molecule has 1 fully saturated rings. The number of nitrogens with two attached hydrogens (primary N) is 1. The number of hydrogen-bond donors (Lipinski definition) is 1. The Balaban J connectivity index is 1.48. The monoisotopic (exact) mass is 366 g/mol. The Hall–Kier alpha value is -3.42. The molecule has 27 heavy (non-hydrogen) atoms. The first-order chi connectivity index (χ1) is 13.2. The van der Waals surface area contributed by atoms with Gasteiger partial charge in [-0.1, -0.05) is 12.1 Å². The molecule has 2 N–H and O–H groups in total. The Bertz CT molecular complexity index is 915. The van der Waals surface area contributed by atoms with E-state index in [-0.39, 0.29) is 5.82 Å². The lowest BCUT2D eigenvalue weighted by molar-refractivity contribution is 0.461. The van der Waals surface area contributed by atoms with Crippen LogP contribution in [0.25, 0.3) is 0 Å². The molecule has 2 aromatic heterocycles. The minimum Gasteiger partial charge on any atom is -0.435 e. The van der Waals surface area contributed by atoms with Gasteiger partial charge in [-0.25, -0.2) is 9.37 Å². The van der Waals surface area contributed by atoms with Crippen molar-refractivity contribution in [3.63, 3.8) is 0 Å². The van der Waals surface area contributed by atoms with Crippen LogP contribution in [-0.2, 0) is 0 Å². The highest BCUT2D eigenvalue weighted by atomic mass is 19.1. The van der Waals surface area contributed by atoms with Crippen LogP contribution in [0, 0.1) is 5.82 Å². The Morgan fingerprint density at radius 1 is 0.963 bits per heavy atom. The van der Waals surface area contributed by atoms with Crippen molar-refractivity contribution in [2.75, 3.05) is 41.7 Å². The quantitative estimate of drug-likeness (QED) is 0.760. The summed E-state index contributed by atoms with van der Waals surface area (Å²) in [4.78, 5) is 16.5. The Labute approximate surface area is 156 Å². The lowest BCUT2D eigenvalue weighted by atomic mass is 10.2. The van der Waals surface area contributed by atoms with Crippen LogP contribution in [0.2, 0.25) is 0 Å². The number of piperazine rings is 1. The van der Waals surface area contributed by atoms with Crippen LogP contribution in [0.3, 0.4) is 0 Å². The van der Waals surface area contributed by atoms with Gasteiger partial charge in [-0.2, -0.15) is 4.98 Å². The number of ether oxygens (including phenoxy) is 1. The fourth-order valence-corrected chi connectivity index (χ4v) is 3.09. The van der Waals surface area contributed by atoms with E-state index in [0.717, 1.165) is 0 Å². The highest BCUT2D eigenvalue weighted by Gasteiger charge is 2.23. The average molecular weight is 366 g/mol. The number of halogens is 1. The molecule has 3 aromatic rings. The largest absolute Gasteiger partial charge is 0.435 e. The lowest BCUT2D eigenvalue weighted by Crippen LogP contribution is -2.47. The molecular formula is C19H19FN6O. The Kier molecular flexibility index (Phi) is 4.69. The van der Waals surface area contributed by atoms with Crippen LogP contribution >= 0.6 is 0 Å². The van der Waals surface area contributed by atoms with Crippen LogP contribution in [-0.4, -0.2) is 41.1 Å². The molecule has 0 bridgehead atoms. The van der Waals surface area contributed by atoms with Gasteiger partial charge in [0.1, 0.15) is 23.6 Å². The molecule has 0 unspecified atom stereocenters. The molecule has 4 rings (SSSR count). The van der Waals surface area contributed by atoms with Gasteiger partial charge in [0.25, 0.3) is 0 Å². The average Bonchev–Trinajstić information content (AvgIpc) is 2.71. The van der Waals surface area contributed by atoms with Gasteiger partial charge >= 0.3 is 0 Å². The van der Waals surface area contributed by atoms with Gasteiger partial charge in [0, 0.05) is 32.4 Å². The second-order valence-electron chi connectivity index (χ2n) is 6.13. The third-order valence-electron chi connectivity index (χ3n) is 4.45. The van der Waals surface area contributed by atoms with E-state index >= 15 is 0 Å². The fraction of sp³-hybridized carbons (Fsp3) is 0.211. The molecule has 1 aromatic carbocycles. The van der Waals surface area contributed by atoms with Crippen molar-refractivity contribution in [1.82, 2.24) is 15.0 Å². The minimum atomic E-state index is -0.209. The molecule has 0 atom stereocenters. The van der Waals surface area contributed by atoms with Gasteiger partial charge in [-0.15, -0.1) is 0 Å². The maximum atomic E-state index is 14.0. The van der Waals surface area contributed by atoms with Crippen molar-refractivity contribution >= 4 is 17.2 Å². The molecule has 0 amide bonds. The predicted molar refractivity (Wildman–Crippen MR) is 102 cm³/mol. The van der Waals surface area contributed by atoms with Crippen LogP contribution < -0.4 is 20.3 Å². The molecule has 1 aliphatic heterocycles. The summed E-state index contributed by atoms with van der Waals surface area (Å²) in [6.45, 7) is 2.68. The number of rotatable bonds is 4. The molecule has 0 saturated carbocycles. The van der Waals surface area contributed by atoms with Crippen LogP contribution in [0.5, 0.6) is 11.6 Å². The topological polar surface area (TPSA) is 80.4 Å². The van der Waals surface area contributed by atoms with E-state index in [4.69, 9.17) is 10.5 Å². The van der Waals surface area contributed by atoms with Gasteiger partial charge in [0.05, 0.1) is 11.9 Å². The number of pyridine rings is 1. The van der Waals surface area contributed by atoms with Crippen LogP contribution in [0.15, 0.2) is 55.1 Å². The summed E-state index contributed by atoms with van der Waals surface area (Å²) in [7, 11) is 0. The lowest BCUT2D eigenvalue weighted by Gasteiger charge is -2.37. The predicted octanol–water partition coefficient (Wildman–Crippen LogP) is 2.71. The normalized spacial score (nSPS) is 14.3. The number of anilines is 3. The van der Waals surface area contributed by atoms with Crippen LogP contribution in [0.4, 0.5) is 21.6 Å². The van der Waals surface area contributed by atoms with Crippen molar-refractivity contribution < 1.29 is 9.13 Å². The standard InChI is InChI=1S/C19H19FN6O/c20-15-5-1-2-6-16(15)25-8-10-26(11-9-25)18-17(21)19(24-13-23-18)27-14-4-3-7-22-12-14/h1-7,12-13H,8-11,21H2. The van der Waals surface area contributed by atoms with Crippen molar-refractivity contribution in [3.05, 3.63) is 60.9 Å². The third-order valence-corrected chi connectivity index (χ3v) is 4.45.